The Morgan fingerprint density at radius 1 is 0.525 bits per heavy atom. The maximum Gasteiger partial charge on any atom is 0.472 e. The maximum absolute atomic E-state index is 12.8. The summed E-state index contributed by atoms with van der Waals surface area (Å²) in [5.41, 5.74) is 0. The van der Waals surface area contributed by atoms with Crippen LogP contribution >= 0.6 is 7.82 Å². The van der Waals surface area contributed by atoms with Gasteiger partial charge in [0.05, 0.1) is 6.61 Å². The monoisotopic (exact) mass is 876 g/mol. The lowest BCUT2D eigenvalue weighted by molar-refractivity contribution is -0.220. The number of carbonyl (C=O) groups is 2. The molecule has 0 heterocycles. The fourth-order valence-electron chi connectivity index (χ4n) is 5.72. The molecule has 1 fully saturated rings. The summed E-state index contributed by atoms with van der Waals surface area (Å²) in [5.74, 6) is -1.24. The Balaban J connectivity index is 2.55. The van der Waals surface area contributed by atoms with Gasteiger partial charge in [0.1, 0.15) is 43.2 Å². The van der Waals surface area contributed by atoms with Crippen LogP contribution < -0.4 is 0 Å². The lowest BCUT2D eigenvalue weighted by Crippen LogP contribution is -2.64. The molecular weight excluding hydrogens is 803 g/mol. The quantitative estimate of drug-likeness (QED) is 0.0121. The number of aliphatic hydroxyl groups excluding tert-OH is 5. The van der Waals surface area contributed by atoms with E-state index >= 15 is 0 Å². The van der Waals surface area contributed by atoms with E-state index in [4.69, 9.17) is 18.5 Å². The number of hydrogen-bond acceptors (Lipinski definition) is 12. The number of phosphoric acid groups is 1. The summed E-state index contributed by atoms with van der Waals surface area (Å²) in [4.78, 5) is 35.6. The van der Waals surface area contributed by atoms with Crippen LogP contribution in [0.15, 0.2) is 109 Å². The van der Waals surface area contributed by atoms with E-state index in [2.05, 4.69) is 80.7 Å². The minimum atomic E-state index is -5.15. The number of phosphoric ester groups is 1. The standard InChI is InChI=1S/C47H73O13P/c1-3-5-7-9-11-13-15-17-18-19-20-21-22-24-25-27-29-31-33-35-40(48)57-37-39(38-58-61(55,56)60-47-45(53)43(51)42(50)44(52)46(47)54)59-41(49)36-34-32-30-28-26-23-16-14-12-10-8-6-4-2/h5-8,10-14,16-18,20-21,24-25,29,31,39,42-47,50-54H,3-4,9,15,19,22-23,26-28,30,32-38H2,1-2H3,(H,55,56)/b7-5+,8-6+,12-10+,13-11+,16-14+,18-17+,21-20+,25-24+,31-29+/t39?,42?,43-,44?,45?,46?,47?/m0/s1. The van der Waals surface area contributed by atoms with Gasteiger partial charge in [-0.05, 0) is 70.6 Å². The fourth-order valence-corrected chi connectivity index (χ4v) is 6.70. The smallest absolute Gasteiger partial charge is 0.462 e. The van der Waals surface area contributed by atoms with Gasteiger partial charge < -0.3 is 39.9 Å². The van der Waals surface area contributed by atoms with Gasteiger partial charge in [-0.3, -0.25) is 18.6 Å². The van der Waals surface area contributed by atoms with E-state index < -0.39 is 75.7 Å². The second-order valence-corrected chi connectivity index (χ2v) is 15.9. The van der Waals surface area contributed by atoms with Crippen molar-refractivity contribution in [1.29, 1.82) is 0 Å². The third-order valence-corrected chi connectivity index (χ3v) is 10.2. The van der Waals surface area contributed by atoms with Crippen LogP contribution in [0, 0.1) is 0 Å². The molecule has 344 valence electrons. The molecule has 0 aliphatic heterocycles. The number of esters is 2. The first-order chi connectivity index (χ1) is 29.4. The van der Waals surface area contributed by atoms with E-state index in [1.54, 1.807) is 0 Å². The summed E-state index contributed by atoms with van der Waals surface area (Å²) in [6, 6.07) is 0. The molecule has 1 aliphatic carbocycles. The third-order valence-electron chi connectivity index (χ3n) is 9.18. The first-order valence-corrected chi connectivity index (χ1v) is 23.2. The van der Waals surface area contributed by atoms with Crippen molar-refractivity contribution in [1.82, 2.24) is 0 Å². The number of rotatable bonds is 33. The highest BCUT2D eigenvalue weighted by atomic mass is 31.2. The zero-order valence-corrected chi connectivity index (χ0v) is 37.0. The number of allylic oxidation sites excluding steroid dienone is 18. The van der Waals surface area contributed by atoms with Gasteiger partial charge in [-0.25, -0.2) is 4.57 Å². The van der Waals surface area contributed by atoms with Gasteiger partial charge >= 0.3 is 19.8 Å². The second kappa shape index (κ2) is 36.0. The van der Waals surface area contributed by atoms with Gasteiger partial charge in [0.15, 0.2) is 6.10 Å². The van der Waals surface area contributed by atoms with Crippen molar-refractivity contribution in [2.45, 2.75) is 159 Å². The number of ether oxygens (including phenoxy) is 2. The van der Waals surface area contributed by atoms with Crippen LogP contribution in [0.5, 0.6) is 0 Å². The van der Waals surface area contributed by atoms with E-state index in [1.165, 1.54) is 0 Å². The zero-order chi connectivity index (χ0) is 45.0. The van der Waals surface area contributed by atoms with Crippen molar-refractivity contribution in [2.75, 3.05) is 13.2 Å². The van der Waals surface area contributed by atoms with Crippen LogP contribution in [0.3, 0.4) is 0 Å². The number of hydrogen-bond donors (Lipinski definition) is 6. The van der Waals surface area contributed by atoms with E-state index in [9.17, 15) is 44.6 Å². The van der Waals surface area contributed by atoms with Crippen molar-refractivity contribution in [3.63, 3.8) is 0 Å². The van der Waals surface area contributed by atoms with Crippen molar-refractivity contribution in [3.05, 3.63) is 109 Å². The lowest BCUT2D eigenvalue weighted by atomic mass is 9.85. The van der Waals surface area contributed by atoms with Crippen molar-refractivity contribution in [3.8, 4) is 0 Å². The molecule has 0 amide bonds. The molecule has 0 aromatic heterocycles. The molecule has 1 aliphatic rings. The summed E-state index contributed by atoms with van der Waals surface area (Å²) in [7, 11) is -5.15. The van der Waals surface area contributed by atoms with Crippen molar-refractivity contribution >= 4 is 19.8 Å². The Bertz CT molecular complexity index is 1480. The fraction of sp³-hybridized carbons (Fsp3) is 0.574. The molecule has 13 nitrogen and oxygen atoms in total. The molecule has 61 heavy (non-hydrogen) atoms. The molecule has 1 rings (SSSR count). The number of carbonyl (C=O) groups excluding carboxylic acids is 2. The highest BCUT2D eigenvalue weighted by Gasteiger charge is 2.51. The molecular formula is C47H73O13P. The third kappa shape index (κ3) is 28.7. The Hall–Kier alpha value is -3.49. The summed E-state index contributed by atoms with van der Waals surface area (Å²) in [6.45, 7) is 2.93. The Morgan fingerprint density at radius 2 is 1.00 bits per heavy atom. The zero-order valence-electron chi connectivity index (χ0n) is 36.1. The molecule has 0 radical (unpaired) electrons. The predicted octanol–water partition coefficient (Wildman–Crippen LogP) is 8.05. The van der Waals surface area contributed by atoms with Gasteiger partial charge in [-0.2, -0.15) is 0 Å². The molecule has 0 aromatic rings. The minimum absolute atomic E-state index is 0.0298. The normalized spacial score (nSPS) is 23.1. The molecule has 0 bridgehead atoms. The van der Waals surface area contributed by atoms with Crippen LogP contribution in [-0.4, -0.2) is 98.3 Å². The topological polar surface area (TPSA) is 210 Å². The first kappa shape index (κ1) is 55.5. The van der Waals surface area contributed by atoms with Crippen molar-refractivity contribution < 1.29 is 63.1 Å². The Labute approximate surface area is 363 Å². The largest absolute Gasteiger partial charge is 0.472 e. The maximum atomic E-state index is 12.8. The lowest BCUT2D eigenvalue weighted by Gasteiger charge is -2.41. The van der Waals surface area contributed by atoms with Gasteiger partial charge in [-0.15, -0.1) is 0 Å². The second-order valence-electron chi connectivity index (χ2n) is 14.5. The SMILES string of the molecule is CC/C=C/C=C/C=C/CCCCCCCC(=O)OC(COC(=O)CC/C=C/C/C=C/C/C=C/C/C=C/C/C=C/C/C=C/CC)COP(=O)(O)OC1C(O)C(O)C(O)[C@H](O)C1O. The van der Waals surface area contributed by atoms with Gasteiger partial charge in [0, 0.05) is 12.8 Å². The van der Waals surface area contributed by atoms with Crippen molar-refractivity contribution in [2.24, 2.45) is 0 Å². The van der Waals surface area contributed by atoms with E-state index in [-0.39, 0.29) is 12.8 Å². The molecule has 7 unspecified atom stereocenters. The van der Waals surface area contributed by atoms with Gasteiger partial charge in [0.25, 0.3) is 0 Å². The summed E-state index contributed by atoms with van der Waals surface area (Å²) >= 11 is 0. The van der Waals surface area contributed by atoms with Gasteiger partial charge in [-0.1, -0.05) is 142 Å². The summed E-state index contributed by atoms with van der Waals surface area (Å²) in [6.07, 6.45) is 35.9. The number of aliphatic hydroxyl groups is 5. The summed E-state index contributed by atoms with van der Waals surface area (Å²) < 4.78 is 33.3. The van der Waals surface area contributed by atoms with Crippen LogP contribution in [0.4, 0.5) is 0 Å². The molecule has 1 saturated carbocycles. The summed E-state index contributed by atoms with van der Waals surface area (Å²) in [5, 5.41) is 50.1. The average Bonchev–Trinajstić information content (AvgIpc) is 3.24. The van der Waals surface area contributed by atoms with Crippen LogP contribution in [0.2, 0.25) is 0 Å². The molecule has 6 N–H and O–H groups in total. The van der Waals surface area contributed by atoms with Crippen LogP contribution in [-0.2, 0) is 32.7 Å². The molecule has 0 saturated heterocycles. The van der Waals surface area contributed by atoms with Crippen LogP contribution in [0.25, 0.3) is 0 Å². The Morgan fingerprint density at radius 3 is 1.56 bits per heavy atom. The highest BCUT2D eigenvalue weighted by molar-refractivity contribution is 7.47. The average molecular weight is 877 g/mol. The van der Waals surface area contributed by atoms with Crippen LogP contribution in [0.1, 0.15) is 117 Å². The predicted molar refractivity (Wildman–Crippen MR) is 239 cm³/mol. The minimum Gasteiger partial charge on any atom is -0.462 e. The Kier molecular flexibility index (Phi) is 32.8. The first-order valence-electron chi connectivity index (χ1n) is 21.7. The molecule has 0 spiro atoms. The molecule has 14 heteroatoms. The van der Waals surface area contributed by atoms with Gasteiger partial charge in [0.2, 0.25) is 0 Å². The van der Waals surface area contributed by atoms with E-state index in [0.29, 0.717) is 19.3 Å². The van der Waals surface area contributed by atoms with E-state index in [1.807, 2.05) is 42.5 Å². The number of unbranched alkanes of at least 4 members (excludes halogenated alkanes) is 5. The highest BCUT2D eigenvalue weighted by Crippen LogP contribution is 2.47. The molecule has 0 aromatic carbocycles. The van der Waals surface area contributed by atoms with E-state index in [0.717, 1.165) is 70.6 Å². The molecule has 8 atom stereocenters.